The van der Waals surface area contributed by atoms with Crippen LogP contribution in [0.25, 0.3) is 0 Å². The topological polar surface area (TPSA) is 167 Å². The average molecular weight is 1640 g/mol. The molecule has 2 atom stereocenters. The van der Waals surface area contributed by atoms with E-state index in [0.29, 0.717) is 36.5 Å². The lowest BCUT2D eigenvalue weighted by Crippen LogP contribution is -2.50. The fourth-order valence-corrected chi connectivity index (χ4v) is 23.5. The van der Waals surface area contributed by atoms with Crippen molar-refractivity contribution in [3.8, 4) is 23.0 Å². The molecule has 14 rings (SSSR count). The van der Waals surface area contributed by atoms with Gasteiger partial charge in [-0.05, 0) is 217 Å². The minimum Gasteiger partial charge on any atom is -0.481 e. The summed E-state index contributed by atoms with van der Waals surface area (Å²) in [6, 6.07) is 101. The van der Waals surface area contributed by atoms with Crippen LogP contribution in [0.4, 0.5) is 0 Å². The number of esters is 6. The third-order valence-corrected chi connectivity index (χ3v) is 29.6. The number of ether oxygens (including phenoxy) is 7. The zero-order valence-electron chi connectivity index (χ0n) is 68.7. The number of carbonyl (C=O) groups is 6. The smallest absolute Gasteiger partial charge is 0.356 e. The predicted octanol–water partition coefficient (Wildman–Crippen LogP) is 22.0. The van der Waals surface area contributed by atoms with Crippen molar-refractivity contribution in [1.29, 1.82) is 0 Å². The van der Waals surface area contributed by atoms with Gasteiger partial charge < -0.3 is 33.2 Å². The lowest BCUT2D eigenvalue weighted by atomic mass is 9.66. The van der Waals surface area contributed by atoms with Gasteiger partial charge in [-0.15, -0.1) is 0 Å². The van der Waals surface area contributed by atoms with Gasteiger partial charge in [-0.3, -0.25) is 14.4 Å². The molecule has 1 saturated carbocycles. The molecular weight excluding hydrogens is 1540 g/mol. The van der Waals surface area contributed by atoms with E-state index in [1.807, 2.05) is 156 Å². The van der Waals surface area contributed by atoms with Crippen LogP contribution in [0.5, 0.6) is 23.0 Å². The van der Waals surface area contributed by atoms with Gasteiger partial charge in [0.1, 0.15) is 23.0 Å². The van der Waals surface area contributed by atoms with Crippen LogP contribution < -0.4 is 18.9 Å². The molecule has 1 aliphatic carbocycles. The number of hydrogen-bond donors (Lipinski definition) is 0. The zero-order valence-corrected chi connectivity index (χ0v) is 72.0. The van der Waals surface area contributed by atoms with Crippen LogP contribution in [-0.4, -0.2) is 61.7 Å². The highest BCUT2D eigenvalue weighted by molar-refractivity contribution is 7.98. The SMILES string of the molecule is CC(=O)OCC(=O)Oc1c(C)cc([S+](c2ccccc2)c2ccccc2)cc1C.CCC(=O)Oc1c(C)cc([S+](c2ccccc2)c2ccccc2)cc1C.COC(=O)COc1c(C)cc([S+](c2ccccc2)c2ccccc2)cc1C.Cc1cc([S+](c2ccccc2)c2ccccc2)cc(C)c1OC(=O)C12CCC(C)(C(=O)O1)C2(C)C. The second kappa shape index (κ2) is 39.5. The Morgan fingerprint density at radius 3 is 0.829 bits per heavy atom. The molecule has 0 spiro atoms. The van der Waals surface area contributed by atoms with Crippen LogP contribution in [0.15, 0.2) is 350 Å². The highest BCUT2D eigenvalue weighted by Gasteiger charge is 2.76. The molecule has 17 heteroatoms. The summed E-state index contributed by atoms with van der Waals surface area (Å²) in [6.07, 6.45) is 1.49. The van der Waals surface area contributed by atoms with Crippen LogP contribution in [0.2, 0.25) is 0 Å². The Kier molecular flexibility index (Phi) is 29.2. The molecule has 117 heavy (non-hydrogen) atoms. The van der Waals surface area contributed by atoms with E-state index in [2.05, 4.69) is 223 Å². The molecule has 0 radical (unpaired) electrons. The maximum atomic E-state index is 13.6. The van der Waals surface area contributed by atoms with E-state index in [9.17, 15) is 28.8 Å². The van der Waals surface area contributed by atoms with Gasteiger partial charge in [0.2, 0.25) is 5.60 Å². The molecule has 0 aromatic heterocycles. The first-order valence-corrected chi connectivity index (χ1v) is 43.7. The lowest BCUT2D eigenvalue weighted by molar-refractivity contribution is -0.176. The van der Waals surface area contributed by atoms with Gasteiger partial charge in [0.25, 0.3) is 0 Å². The summed E-state index contributed by atoms with van der Waals surface area (Å²) in [4.78, 5) is 87.0. The van der Waals surface area contributed by atoms with Crippen LogP contribution in [0, 0.1) is 66.2 Å². The van der Waals surface area contributed by atoms with Crippen molar-refractivity contribution in [2.75, 3.05) is 20.3 Å². The molecule has 1 heterocycles. The van der Waals surface area contributed by atoms with Gasteiger partial charge in [0.05, 0.1) is 56.1 Å². The molecule has 2 unspecified atom stereocenters. The standard InChI is InChI=1S/C30H31O4S.C24H23O4S.C23H23O3S.C23H23O2S/c1-20-18-24(35(22-12-8-6-9-13-22)23-14-10-7-11-15-23)19-21(2)25(20)33-27(32)30-17-16-29(5,26(31)34-30)28(30,3)4;1-17-14-22(15-18(2)24(17)28-23(26)16-27-19(3)25)29(20-10-6-4-7-11-20)21-12-8-5-9-13-21;1-17-14-21(15-18(2)23(17)26-16-22(24)25-3)27(19-10-6-4-7-11-19)20-12-8-5-9-13-20;1-4-22(24)25-23-17(2)15-21(16-18(23)3)26(19-11-7-5-8-12-19)20-13-9-6-10-14-20/h6-15,18-19H,16-17H2,1-5H3;4-15H,16H2,1-3H3;4-15H,16H2,1-3H3;5-16H,4H2,1-3H3/q4*+1. The maximum absolute atomic E-state index is 13.6. The Morgan fingerprint density at radius 1 is 0.342 bits per heavy atom. The van der Waals surface area contributed by atoms with Gasteiger partial charge >= 0.3 is 35.8 Å². The number of carbonyl (C=O) groups excluding carboxylic acids is 6. The van der Waals surface area contributed by atoms with Crippen LogP contribution in [0.1, 0.15) is 98.4 Å². The fraction of sp³-hybridized carbons (Fsp3) is 0.220. The molecule has 2 aliphatic rings. The second-order valence-corrected chi connectivity index (χ2v) is 37.4. The quantitative estimate of drug-likeness (QED) is 0.0272. The van der Waals surface area contributed by atoms with E-state index in [4.69, 9.17) is 28.4 Å². The number of benzene rings is 12. The summed E-state index contributed by atoms with van der Waals surface area (Å²) in [7, 11) is 0.388. The molecule has 0 N–H and O–H groups in total. The molecule has 0 amide bonds. The highest BCUT2D eigenvalue weighted by Crippen LogP contribution is 2.66. The van der Waals surface area contributed by atoms with Crippen LogP contribution in [-0.2, 0) is 86.6 Å². The largest absolute Gasteiger partial charge is 0.481 e. The Morgan fingerprint density at radius 2 is 0.598 bits per heavy atom. The molecule has 2 fully saturated rings. The van der Waals surface area contributed by atoms with E-state index in [0.717, 1.165) is 60.0 Å². The lowest BCUT2D eigenvalue weighted by Gasteiger charge is -2.34. The molecule has 1 aliphatic heterocycles. The Hall–Kier alpha value is -11.3. The second-order valence-electron chi connectivity index (χ2n) is 29.3. The summed E-state index contributed by atoms with van der Waals surface area (Å²) >= 11 is 0. The molecule has 13 nitrogen and oxygen atoms in total. The molecule has 12 aromatic carbocycles. The van der Waals surface area contributed by atoms with Gasteiger partial charge in [-0.2, -0.15) is 0 Å². The number of aryl methyl sites for hydroxylation is 8. The minimum atomic E-state index is -1.24. The Balaban J connectivity index is 0.000000154. The van der Waals surface area contributed by atoms with Crippen molar-refractivity contribution < 1.29 is 61.9 Å². The van der Waals surface area contributed by atoms with E-state index < -0.39 is 40.9 Å². The number of hydrogen-bond acceptors (Lipinski definition) is 13. The van der Waals surface area contributed by atoms with Crippen molar-refractivity contribution in [3.63, 3.8) is 0 Å². The van der Waals surface area contributed by atoms with Gasteiger partial charge in [-0.25, -0.2) is 14.4 Å². The third kappa shape index (κ3) is 20.4. The van der Waals surface area contributed by atoms with Crippen LogP contribution in [0.3, 0.4) is 0 Å². The zero-order chi connectivity index (χ0) is 83.6. The first-order chi connectivity index (χ1) is 56.3. The molecule has 598 valence electrons. The van der Waals surface area contributed by atoms with Crippen molar-refractivity contribution in [2.45, 2.75) is 174 Å². The van der Waals surface area contributed by atoms with Crippen molar-refractivity contribution >= 4 is 79.4 Å². The molecular formula is C100H100O13S4+4. The minimum absolute atomic E-state index is 0.0827. The normalized spacial score (nSPS) is 14.8. The van der Waals surface area contributed by atoms with E-state index in [1.165, 1.54) is 63.0 Å². The van der Waals surface area contributed by atoms with Gasteiger partial charge in [0, 0.05) is 67.3 Å². The summed E-state index contributed by atoms with van der Waals surface area (Å²) in [6.45, 7) is 24.2. The summed E-state index contributed by atoms with van der Waals surface area (Å²) in [5.74, 6) is 0.0234. The molecule has 12 aromatic rings. The third-order valence-electron chi connectivity index (χ3n) is 20.8. The summed E-state index contributed by atoms with van der Waals surface area (Å²) in [5, 5.41) is 0. The van der Waals surface area contributed by atoms with Crippen molar-refractivity contribution in [2.24, 2.45) is 10.8 Å². The molecule has 1 saturated heterocycles. The summed E-state index contributed by atoms with van der Waals surface area (Å²) in [5.41, 5.74) is 4.96. The van der Waals surface area contributed by atoms with Crippen molar-refractivity contribution in [1.82, 2.24) is 0 Å². The number of methoxy groups -OCH3 is 1. The molecule has 2 bridgehead atoms. The first-order valence-electron chi connectivity index (χ1n) is 38.8. The Labute approximate surface area is 699 Å². The van der Waals surface area contributed by atoms with E-state index in [-0.39, 0.29) is 68.1 Å². The number of fused-ring (bicyclic) bond motifs is 2. The van der Waals surface area contributed by atoms with Gasteiger partial charge in [0.15, 0.2) is 72.0 Å². The maximum Gasteiger partial charge on any atom is 0.356 e. The van der Waals surface area contributed by atoms with Gasteiger partial charge in [-0.1, -0.05) is 166 Å². The number of rotatable bonds is 22. The van der Waals surface area contributed by atoms with E-state index >= 15 is 0 Å². The predicted molar refractivity (Wildman–Crippen MR) is 465 cm³/mol. The average Bonchev–Trinajstić information content (AvgIpc) is 1.52. The van der Waals surface area contributed by atoms with E-state index in [1.54, 1.807) is 0 Å². The van der Waals surface area contributed by atoms with Crippen LogP contribution >= 0.6 is 0 Å². The van der Waals surface area contributed by atoms with Crippen molar-refractivity contribution in [3.05, 3.63) is 336 Å². The summed E-state index contributed by atoms with van der Waals surface area (Å²) < 4.78 is 37.9. The fourth-order valence-electron chi connectivity index (χ4n) is 14.5. The highest BCUT2D eigenvalue weighted by atomic mass is 32.2. The Bertz CT molecular complexity index is 5200. The first kappa shape index (κ1) is 86.5. The monoisotopic (exact) mass is 1640 g/mol.